The van der Waals surface area contributed by atoms with Crippen molar-refractivity contribution in [2.75, 3.05) is 13.2 Å². The van der Waals surface area contributed by atoms with Crippen molar-refractivity contribution < 1.29 is 9.13 Å². The lowest BCUT2D eigenvalue weighted by molar-refractivity contribution is 0.215. The Morgan fingerprint density at radius 3 is 3.12 bits per heavy atom. The number of fused-ring (bicyclic) bond motifs is 1. The van der Waals surface area contributed by atoms with E-state index in [0.29, 0.717) is 6.61 Å². The molecule has 1 saturated heterocycles. The molecule has 0 bridgehead atoms. The summed E-state index contributed by atoms with van der Waals surface area (Å²) in [5.74, 6) is 0.798. The molecule has 2 atom stereocenters. The van der Waals surface area contributed by atoms with Crippen LogP contribution in [-0.2, 0) is 6.42 Å². The molecule has 2 heterocycles. The van der Waals surface area contributed by atoms with Gasteiger partial charge in [-0.15, -0.1) is 0 Å². The van der Waals surface area contributed by atoms with E-state index < -0.39 is 6.17 Å². The summed E-state index contributed by atoms with van der Waals surface area (Å²) in [5, 5.41) is 3.28. The Kier molecular flexibility index (Phi) is 3.02. The molecule has 0 aromatic heterocycles. The average Bonchev–Trinajstić information content (AvgIpc) is 2.87. The van der Waals surface area contributed by atoms with E-state index in [1.165, 1.54) is 0 Å². The summed E-state index contributed by atoms with van der Waals surface area (Å²) in [5.41, 5.74) is 1.89. The predicted molar refractivity (Wildman–Crippen MR) is 65.1 cm³/mol. The van der Waals surface area contributed by atoms with Gasteiger partial charge in [-0.1, -0.05) is 24.6 Å². The predicted octanol–water partition coefficient (Wildman–Crippen LogP) is 2.77. The maximum atomic E-state index is 14.5. The van der Waals surface area contributed by atoms with Gasteiger partial charge in [-0.05, 0) is 24.9 Å². The van der Waals surface area contributed by atoms with E-state index in [1.807, 2.05) is 18.2 Å². The summed E-state index contributed by atoms with van der Waals surface area (Å²) in [6.45, 7) is 1.62. The second-order valence-corrected chi connectivity index (χ2v) is 4.89. The highest BCUT2D eigenvalue weighted by Gasteiger charge is 2.29. The minimum atomic E-state index is -0.941. The summed E-state index contributed by atoms with van der Waals surface area (Å²) >= 11 is 0. The number of halogens is 1. The topological polar surface area (TPSA) is 21.3 Å². The smallest absolute Gasteiger partial charge is 0.144 e. The summed E-state index contributed by atoms with van der Waals surface area (Å²) in [6.07, 6.45) is 3.17. The summed E-state index contributed by atoms with van der Waals surface area (Å²) in [4.78, 5) is 0. The molecule has 0 aliphatic carbocycles. The summed E-state index contributed by atoms with van der Waals surface area (Å²) in [7, 11) is 0. The van der Waals surface area contributed by atoms with E-state index >= 15 is 0 Å². The number of hydrogen-bond acceptors (Lipinski definition) is 2. The molecular weight excluding hydrogens is 217 g/mol. The molecule has 2 nitrogen and oxygen atoms in total. The molecule has 1 aromatic rings. The van der Waals surface area contributed by atoms with Crippen LogP contribution in [0.4, 0.5) is 4.39 Å². The number of alkyl halides is 1. The monoisotopic (exact) mass is 235 g/mol. The maximum absolute atomic E-state index is 14.5. The third-order valence-electron chi connectivity index (χ3n) is 3.74. The second-order valence-electron chi connectivity index (χ2n) is 4.89. The van der Waals surface area contributed by atoms with E-state index in [4.69, 9.17) is 4.74 Å². The molecule has 1 aromatic carbocycles. The molecule has 0 saturated carbocycles. The van der Waals surface area contributed by atoms with Crippen LogP contribution >= 0.6 is 0 Å². The van der Waals surface area contributed by atoms with Gasteiger partial charge in [0.05, 0.1) is 6.61 Å². The van der Waals surface area contributed by atoms with Gasteiger partial charge in [-0.2, -0.15) is 0 Å². The Bertz CT molecular complexity index is 401. The number of hydrogen-bond donors (Lipinski definition) is 1. The Morgan fingerprint density at radius 1 is 1.35 bits per heavy atom. The van der Waals surface area contributed by atoms with Gasteiger partial charge in [-0.25, -0.2) is 4.39 Å². The first kappa shape index (κ1) is 11.0. The minimum absolute atomic E-state index is 0.0422. The van der Waals surface area contributed by atoms with Crippen molar-refractivity contribution in [2.45, 2.75) is 37.9 Å². The van der Waals surface area contributed by atoms with Crippen molar-refractivity contribution >= 4 is 0 Å². The lowest BCUT2D eigenvalue weighted by Gasteiger charge is -2.27. The fourth-order valence-corrected chi connectivity index (χ4v) is 2.80. The van der Waals surface area contributed by atoms with Crippen molar-refractivity contribution in [3.05, 3.63) is 29.3 Å². The third kappa shape index (κ3) is 2.04. The van der Waals surface area contributed by atoms with E-state index in [-0.39, 0.29) is 6.04 Å². The lowest BCUT2D eigenvalue weighted by atomic mass is 9.94. The molecular formula is C14H18FNO. The van der Waals surface area contributed by atoms with Crippen LogP contribution in [0.25, 0.3) is 0 Å². The molecule has 2 aliphatic heterocycles. The van der Waals surface area contributed by atoms with Gasteiger partial charge < -0.3 is 10.1 Å². The number of nitrogens with one attached hydrogen (secondary N) is 1. The molecule has 3 rings (SSSR count). The van der Waals surface area contributed by atoms with Crippen LogP contribution < -0.4 is 10.1 Å². The zero-order valence-corrected chi connectivity index (χ0v) is 9.92. The van der Waals surface area contributed by atoms with Gasteiger partial charge in [0.25, 0.3) is 0 Å². The average molecular weight is 235 g/mol. The summed E-state index contributed by atoms with van der Waals surface area (Å²) < 4.78 is 20.1. The van der Waals surface area contributed by atoms with Crippen molar-refractivity contribution in [3.8, 4) is 5.75 Å². The molecule has 92 valence electrons. The minimum Gasteiger partial charge on any atom is -0.493 e. The molecule has 2 aliphatic rings. The molecule has 0 spiro atoms. The SMILES string of the molecule is FC(c1cccc2c1OCC2)C1CCCCN1. The van der Waals surface area contributed by atoms with Crippen LogP contribution in [0.3, 0.4) is 0 Å². The lowest BCUT2D eigenvalue weighted by Crippen LogP contribution is -2.37. The number of para-hydroxylation sites is 1. The normalized spacial score (nSPS) is 25.1. The number of rotatable bonds is 2. The van der Waals surface area contributed by atoms with Crippen LogP contribution in [0.2, 0.25) is 0 Å². The van der Waals surface area contributed by atoms with Gasteiger partial charge in [0, 0.05) is 18.0 Å². The Morgan fingerprint density at radius 2 is 2.29 bits per heavy atom. The highest BCUT2D eigenvalue weighted by Crippen LogP contribution is 2.37. The van der Waals surface area contributed by atoms with Crippen LogP contribution in [-0.4, -0.2) is 19.2 Å². The number of benzene rings is 1. The molecule has 1 fully saturated rings. The van der Waals surface area contributed by atoms with E-state index in [0.717, 1.165) is 49.1 Å². The zero-order valence-electron chi connectivity index (χ0n) is 9.92. The fraction of sp³-hybridized carbons (Fsp3) is 0.571. The summed E-state index contributed by atoms with van der Waals surface area (Å²) in [6, 6.07) is 5.80. The van der Waals surface area contributed by atoms with Gasteiger partial charge >= 0.3 is 0 Å². The highest BCUT2D eigenvalue weighted by molar-refractivity contribution is 5.45. The Balaban J connectivity index is 1.85. The van der Waals surface area contributed by atoms with Crippen molar-refractivity contribution in [3.63, 3.8) is 0 Å². The van der Waals surface area contributed by atoms with Crippen molar-refractivity contribution in [2.24, 2.45) is 0 Å². The van der Waals surface area contributed by atoms with Crippen LogP contribution in [0.5, 0.6) is 5.75 Å². The molecule has 17 heavy (non-hydrogen) atoms. The molecule has 3 heteroatoms. The standard InChI is InChI=1S/C14H18FNO/c15-13(12-6-1-2-8-16-12)11-5-3-4-10-7-9-17-14(10)11/h3-5,12-13,16H,1-2,6-9H2. The van der Waals surface area contributed by atoms with E-state index in [9.17, 15) is 4.39 Å². The third-order valence-corrected chi connectivity index (χ3v) is 3.74. The first-order chi connectivity index (χ1) is 8.36. The largest absolute Gasteiger partial charge is 0.493 e. The molecule has 0 radical (unpaired) electrons. The molecule has 1 N–H and O–H groups in total. The van der Waals surface area contributed by atoms with Gasteiger partial charge in [0.15, 0.2) is 0 Å². The fourth-order valence-electron chi connectivity index (χ4n) is 2.80. The van der Waals surface area contributed by atoms with Crippen LogP contribution in [0, 0.1) is 0 Å². The molecule has 2 unspecified atom stereocenters. The van der Waals surface area contributed by atoms with Gasteiger partial charge in [0.1, 0.15) is 11.9 Å². The second kappa shape index (κ2) is 4.65. The van der Waals surface area contributed by atoms with Crippen molar-refractivity contribution in [1.29, 1.82) is 0 Å². The highest BCUT2D eigenvalue weighted by atomic mass is 19.1. The number of piperidine rings is 1. The van der Waals surface area contributed by atoms with Gasteiger partial charge in [-0.3, -0.25) is 0 Å². The van der Waals surface area contributed by atoms with Crippen LogP contribution in [0.15, 0.2) is 18.2 Å². The van der Waals surface area contributed by atoms with Crippen LogP contribution in [0.1, 0.15) is 36.6 Å². The maximum Gasteiger partial charge on any atom is 0.144 e. The van der Waals surface area contributed by atoms with Crippen molar-refractivity contribution in [1.82, 2.24) is 5.32 Å². The first-order valence-corrected chi connectivity index (χ1v) is 6.48. The first-order valence-electron chi connectivity index (χ1n) is 6.48. The van der Waals surface area contributed by atoms with E-state index in [2.05, 4.69) is 5.32 Å². The van der Waals surface area contributed by atoms with E-state index in [1.54, 1.807) is 0 Å². The van der Waals surface area contributed by atoms with Gasteiger partial charge in [0.2, 0.25) is 0 Å². The Hall–Kier alpha value is -1.09. The quantitative estimate of drug-likeness (QED) is 0.851. The molecule has 0 amide bonds. The Labute approximate surface area is 101 Å². The number of ether oxygens (including phenoxy) is 1. The zero-order chi connectivity index (χ0) is 11.7.